The average Bonchev–Trinajstić information content (AvgIpc) is 2.81. The van der Waals surface area contributed by atoms with Crippen LogP contribution in [0.15, 0.2) is 29.3 Å². The smallest absolute Gasteiger partial charge is 0.250 e. The van der Waals surface area contributed by atoms with Gasteiger partial charge in [-0.2, -0.15) is 0 Å². The first kappa shape index (κ1) is 13.0. The monoisotopic (exact) mass is 262 g/mol. The van der Waals surface area contributed by atoms with Gasteiger partial charge in [0.2, 0.25) is 11.5 Å². The number of carbonyl (C=O) groups excluding carboxylic acids is 1. The minimum Gasteiger partial charge on any atom is -0.325 e. The molecule has 0 atom stereocenters. The van der Waals surface area contributed by atoms with Gasteiger partial charge in [0.15, 0.2) is 0 Å². The molecule has 0 spiro atoms. The number of aromatic nitrogens is 4. The van der Waals surface area contributed by atoms with E-state index in [2.05, 4.69) is 15.6 Å². The summed E-state index contributed by atoms with van der Waals surface area (Å²) >= 11 is 0. The molecule has 0 aromatic carbocycles. The Morgan fingerprint density at radius 2 is 2.21 bits per heavy atom. The number of nitrogens with two attached hydrogens (primary N) is 1. The number of anilines is 1. The summed E-state index contributed by atoms with van der Waals surface area (Å²) in [4.78, 5) is 23.0. The van der Waals surface area contributed by atoms with Gasteiger partial charge in [0.1, 0.15) is 6.54 Å². The molecule has 0 aliphatic rings. The second kappa shape index (κ2) is 5.44. The molecule has 2 aromatic heterocycles. The fourth-order valence-corrected chi connectivity index (χ4v) is 1.52. The van der Waals surface area contributed by atoms with Crippen LogP contribution >= 0.6 is 0 Å². The molecular formula is C11H14N6O2. The number of amides is 1. The molecule has 2 aromatic rings. The van der Waals surface area contributed by atoms with Gasteiger partial charge >= 0.3 is 0 Å². The summed E-state index contributed by atoms with van der Waals surface area (Å²) in [6.07, 6.45) is 3.16. The average molecular weight is 262 g/mol. The SMILES string of the molecule is Cn1cc(NC(=O)Cn2cc(CN)nn2)ccc1=O. The van der Waals surface area contributed by atoms with E-state index in [0.29, 0.717) is 11.4 Å². The summed E-state index contributed by atoms with van der Waals surface area (Å²) in [5.74, 6) is -0.257. The summed E-state index contributed by atoms with van der Waals surface area (Å²) in [5.41, 5.74) is 6.43. The molecule has 8 heteroatoms. The molecule has 0 bridgehead atoms. The van der Waals surface area contributed by atoms with Crippen molar-refractivity contribution in [1.82, 2.24) is 19.6 Å². The van der Waals surface area contributed by atoms with Crippen molar-refractivity contribution in [3.05, 3.63) is 40.6 Å². The third kappa shape index (κ3) is 3.26. The van der Waals surface area contributed by atoms with Crippen LogP contribution in [0.3, 0.4) is 0 Å². The van der Waals surface area contributed by atoms with Gasteiger partial charge in [-0.25, -0.2) is 4.68 Å². The predicted molar refractivity (Wildman–Crippen MR) is 68.2 cm³/mol. The van der Waals surface area contributed by atoms with Crippen molar-refractivity contribution in [2.45, 2.75) is 13.1 Å². The molecule has 0 saturated carbocycles. The van der Waals surface area contributed by atoms with E-state index < -0.39 is 0 Å². The van der Waals surface area contributed by atoms with Crippen molar-refractivity contribution in [2.75, 3.05) is 5.32 Å². The molecule has 0 aliphatic carbocycles. The molecule has 2 heterocycles. The molecule has 19 heavy (non-hydrogen) atoms. The lowest BCUT2D eigenvalue weighted by atomic mass is 10.4. The van der Waals surface area contributed by atoms with E-state index in [4.69, 9.17) is 5.73 Å². The Bertz CT molecular complexity index is 645. The number of nitrogens with zero attached hydrogens (tertiary/aromatic N) is 4. The summed E-state index contributed by atoms with van der Waals surface area (Å²) in [5, 5.41) is 10.2. The fourth-order valence-electron chi connectivity index (χ4n) is 1.52. The van der Waals surface area contributed by atoms with Crippen molar-refractivity contribution in [2.24, 2.45) is 12.8 Å². The molecule has 1 amide bonds. The molecule has 0 radical (unpaired) electrons. The lowest BCUT2D eigenvalue weighted by Crippen LogP contribution is -2.21. The molecule has 2 rings (SSSR count). The highest BCUT2D eigenvalue weighted by atomic mass is 16.2. The molecule has 100 valence electrons. The zero-order chi connectivity index (χ0) is 13.8. The van der Waals surface area contributed by atoms with Gasteiger partial charge < -0.3 is 15.6 Å². The topological polar surface area (TPSA) is 108 Å². The van der Waals surface area contributed by atoms with Crippen molar-refractivity contribution in [3.63, 3.8) is 0 Å². The lowest BCUT2D eigenvalue weighted by Gasteiger charge is -2.06. The van der Waals surface area contributed by atoms with Crippen LogP contribution in [-0.2, 0) is 24.9 Å². The lowest BCUT2D eigenvalue weighted by molar-refractivity contribution is -0.116. The Balaban J connectivity index is 2.00. The third-order valence-corrected chi connectivity index (χ3v) is 2.47. The Labute approximate surface area is 108 Å². The molecule has 0 unspecified atom stereocenters. The number of rotatable bonds is 4. The zero-order valence-electron chi connectivity index (χ0n) is 10.4. The van der Waals surface area contributed by atoms with Crippen molar-refractivity contribution in [1.29, 1.82) is 0 Å². The molecular weight excluding hydrogens is 248 g/mol. The summed E-state index contributed by atoms with van der Waals surface area (Å²) in [6, 6.07) is 2.94. The highest BCUT2D eigenvalue weighted by Crippen LogP contribution is 2.02. The first-order valence-corrected chi connectivity index (χ1v) is 5.64. The summed E-state index contributed by atoms with van der Waals surface area (Å²) in [6.45, 7) is 0.318. The van der Waals surface area contributed by atoms with Crippen LogP contribution in [0, 0.1) is 0 Å². The highest BCUT2D eigenvalue weighted by Gasteiger charge is 2.06. The predicted octanol–water partition coefficient (Wildman–Crippen LogP) is -0.926. The molecule has 3 N–H and O–H groups in total. The van der Waals surface area contributed by atoms with E-state index in [-0.39, 0.29) is 24.6 Å². The Kier molecular flexibility index (Phi) is 3.71. The quantitative estimate of drug-likeness (QED) is 0.740. The van der Waals surface area contributed by atoms with Gasteiger partial charge in [-0.1, -0.05) is 5.21 Å². The van der Waals surface area contributed by atoms with Crippen LogP contribution in [0.5, 0.6) is 0 Å². The van der Waals surface area contributed by atoms with Gasteiger partial charge in [0.25, 0.3) is 0 Å². The van der Waals surface area contributed by atoms with Crippen LogP contribution in [0.4, 0.5) is 5.69 Å². The minimum atomic E-state index is -0.257. The van der Waals surface area contributed by atoms with Gasteiger partial charge in [-0.3, -0.25) is 9.59 Å². The van der Waals surface area contributed by atoms with Crippen molar-refractivity contribution >= 4 is 11.6 Å². The first-order chi connectivity index (χ1) is 9.08. The fraction of sp³-hybridized carbons (Fsp3) is 0.273. The van der Waals surface area contributed by atoms with E-state index in [1.54, 1.807) is 25.5 Å². The first-order valence-electron chi connectivity index (χ1n) is 5.64. The second-order valence-electron chi connectivity index (χ2n) is 4.03. The normalized spacial score (nSPS) is 10.4. The van der Waals surface area contributed by atoms with Crippen LogP contribution in [-0.4, -0.2) is 25.5 Å². The van der Waals surface area contributed by atoms with E-state index in [1.807, 2.05) is 0 Å². The Hall–Kier alpha value is -2.48. The maximum atomic E-state index is 11.8. The van der Waals surface area contributed by atoms with E-state index in [0.717, 1.165) is 0 Å². The van der Waals surface area contributed by atoms with Gasteiger partial charge in [0.05, 0.1) is 17.6 Å². The van der Waals surface area contributed by atoms with Gasteiger partial charge in [-0.05, 0) is 6.07 Å². The summed E-state index contributed by atoms with van der Waals surface area (Å²) in [7, 11) is 1.61. The summed E-state index contributed by atoms with van der Waals surface area (Å²) < 4.78 is 2.79. The minimum absolute atomic E-state index is 0.0375. The second-order valence-corrected chi connectivity index (χ2v) is 4.03. The number of aryl methyl sites for hydroxylation is 1. The maximum Gasteiger partial charge on any atom is 0.250 e. The van der Waals surface area contributed by atoms with Crippen LogP contribution in [0.2, 0.25) is 0 Å². The van der Waals surface area contributed by atoms with Crippen LogP contribution in [0.1, 0.15) is 5.69 Å². The van der Waals surface area contributed by atoms with Gasteiger partial charge in [0, 0.05) is 25.9 Å². The largest absolute Gasteiger partial charge is 0.325 e. The van der Waals surface area contributed by atoms with E-state index in [1.165, 1.54) is 15.3 Å². The molecule has 8 nitrogen and oxygen atoms in total. The highest BCUT2D eigenvalue weighted by molar-refractivity contribution is 5.90. The maximum absolute atomic E-state index is 11.8. The van der Waals surface area contributed by atoms with E-state index >= 15 is 0 Å². The Morgan fingerprint density at radius 3 is 2.84 bits per heavy atom. The number of carbonyl (C=O) groups is 1. The Morgan fingerprint density at radius 1 is 1.42 bits per heavy atom. The number of hydrogen-bond acceptors (Lipinski definition) is 5. The van der Waals surface area contributed by atoms with Crippen LogP contribution in [0.25, 0.3) is 0 Å². The molecule has 0 aliphatic heterocycles. The molecule has 0 fully saturated rings. The molecule has 0 saturated heterocycles. The van der Waals surface area contributed by atoms with Crippen LogP contribution < -0.4 is 16.6 Å². The number of nitrogens with one attached hydrogen (secondary N) is 1. The number of pyridine rings is 1. The standard InChI is InChI=1S/C11H14N6O2/c1-16-5-8(2-3-11(16)19)13-10(18)7-17-6-9(4-12)14-15-17/h2-3,5-6H,4,7,12H2,1H3,(H,13,18). The van der Waals surface area contributed by atoms with Crippen molar-refractivity contribution in [3.8, 4) is 0 Å². The number of hydrogen-bond donors (Lipinski definition) is 2. The van der Waals surface area contributed by atoms with Gasteiger partial charge in [-0.15, -0.1) is 5.10 Å². The van der Waals surface area contributed by atoms with E-state index in [9.17, 15) is 9.59 Å². The van der Waals surface area contributed by atoms with Crippen molar-refractivity contribution < 1.29 is 4.79 Å². The third-order valence-electron chi connectivity index (χ3n) is 2.47. The zero-order valence-corrected chi connectivity index (χ0v) is 10.4.